The Morgan fingerprint density at radius 1 is 1.00 bits per heavy atom. The van der Waals surface area contributed by atoms with Gasteiger partial charge in [0.25, 0.3) is 0 Å². The number of likely N-dealkylation sites (tertiary alicyclic amines) is 1. The third-order valence-corrected chi connectivity index (χ3v) is 7.07. The SMILES string of the molecule is CC(=O)C(CC(C)C)c1cc(-c2ccc(C(F)(F)F)cc2)cc(C2CCN(C/C=C/C(C)C)CC2)c1. The lowest BCUT2D eigenvalue weighted by Crippen LogP contribution is -2.33. The van der Waals surface area contributed by atoms with E-state index >= 15 is 0 Å². The average Bonchev–Trinajstić information content (AvgIpc) is 2.82. The molecule has 0 N–H and O–H groups in total. The zero-order valence-corrected chi connectivity index (χ0v) is 22.2. The van der Waals surface area contributed by atoms with Crippen LogP contribution in [0.25, 0.3) is 11.1 Å². The highest BCUT2D eigenvalue weighted by Gasteiger charge is 2.30. The van der Waals surface area contributed by atoms with Crippen molar-refractivity contribution in [3.63, 3.8) is 0 Å². The Labute approximate surface area is 214 Å². The zero-order valence-electron chi connectivity index (χ0n) is 22.2. The van der Waals surface area contributed by atoms with E-state index in [1.54, 1.807) is 19.1 Å². The molecule has 1 fully saturated rings. The Morgan fingerprint density at radius 3 is 2.17 bits per heavy atom. The molecule has 196 valence electrons. The van der Waals surface area contributed by atoms with Gasteiger partial charge in [0.1, 0.15) is 5.78 Å². The number of piperidine rings is 1. The Balaban J connectivity index is 1.92. The molecular formula is C31H40F3NO. The van der Waals surface area contributed by atoms with Gasteiger partial charge in [-0.15, -0.1) is 0 Å². The monoisotopic (exact) mass is 499 g/mol. The molecule has 1 heterocycles. The van der Waals surface area contributed by atoms with E-state index in [1.165, 1.54) is 5.56 Å². The Hall–Kier alpha value is -2.40. The number of allylic oxidation sites excluding steroid dienone is 1. The van der Waals surface area contributed by atoms with Crippen molar-refractivity contribution in [1.82, 2.24) is 4.90 Å². The van der Waals surface area contributed by atoms with Crippen LogP contribution in [0.15, 0.2) is 54.6 Å². The summed E-state index contributed by atoms with van der Waals surface area (Å²) in [6.07, 6.45) is 2.94. The summed E-state index contributed by atoms with van der Waals surface area (Å²) in [4.78, 5) is 15.1. The molecule has 0 amide bonds. The Bertz CT molecular complexity index is 1030. The molecule has 36 heavy (non-hydrogen) atoms. The number of hydrogen-bond acceptors (Lipinski definition) is 2. The predicted octanol–water partition coefficient (Wildman–Crippen LogP) is 8.48. The van der Waals surface area contributed by atoms with Crippen molar-refractivity contribution in [2.45, 2.75) is 71.9 Å². The fourth-order valence-electron chi connectivity index (χ4n) is 5.07. The number of halogens is 3. The van der Waals surface area contributed by atoms with Crippen molar-refractivity contribution in [3.8, 4) is 11.1 Å². The van der Waals surface area contributed by atoms with Crippen molar-refractivity contribution < 1.29 is 18.0 Å². The predicted molar refractivity (Wildman–Crippen MR) is 142 cm³/mol. The van der Waals surface area contributed by atoms with E-state index in [0.29, 0.717) is 17.8 Å². The maximum atomic E-state index is 13.1. The smallest absolute Gasteiger partial charge is 0.300 e. The van der Waals surface area contributed by atoms with E-state index in [9.17, 15) is 18.0 Å². The number of benzene rings is 2. The van der Waals surface area contributed by atoms with E-state index in [1.807, 2.05) is 6.07 Å². The molecule has 0 aliphatic carbocycles. The molecule has 0 spiro atoms. The number of hydrogen-bond donors (Lipinski definition) is 0. The van der Waals surface area contributed by atoms with Crippen LogP contribution in [0.4, 0.5) is 13.2 Å². The minimum Gasteiger partial charge on any atom is -0.300 e. The first-order valence-electron chi connectivity index (χ1n) is 13.2. The number of ketones is 1. The minimum absolute atomic E-state index is 0.131. The number of Topliss-reactive ketones (excluding diaryl/α,β-unsaturated/α-hetero) is 1. The third-order valence-electron chi connectivity index (χ3n) is 7.07. The molecule has 1 unspecified atom stereocenters. The van der Waals surface area contributed by atoms with Gasteiger partial charge >= 0.3 is 6.18 Å². The van der Waals surface area contributed by atoms with Crippen molar-refractivity contribution in [2.24, 2.45) is 11.8 Å². The van der Waals surface area contributed by atoms with Gasteiger partial charge in [-0.1, -0.05) is 70.2 Å². The third kappa shape index (κ3) is 7.80. The molecule has 1 aliphatic rings. The summed E-state index contributed by atoms with van der Waals surface area (Å²) >= 11 is 0. The van der Waals surface area contributed by atoms with Gasteiger partial charge in [-0.25, -0.2) is 0 Å². The molecule has 3 rings (SSSR count). The molecule has 0 saturated carbocycles. The number of carbonyl (C=O) groups excluding carboxylic acids is 1. The van der Waals surface area contributed by atoms with Crippen LogP contribution in [0.1, 0.15) is 82.4 Å². The second-order valence-electron chi connectivity index (χ2n) is 11.0. The molecule has 2 nitrogen and oxygen atoms in total. The summed E-state index contributed by atoms with van der Waals surface area (Å²) < 4.78 is 39.3. The van der Waals surface area contributed by atoms with Gasteiger partial charge in [0, 0.05) is 12.5 Å². The van der Waals surface area contributed by atoms with Gasteiger partial charge in [0.15, 0.2) is 0 Å². The first-order chi connectivity index (χ1) is 16.9. The maximum absolute atomic E-state index is 13.1. The first-order valence-corrected chi connectivity index (χ1v) is 13.2. The molecule has 1 aliphatic heterocycles. The fourth-order valence-corrected chi connectivity index (χ4v) is 5.07. The number of rotatable bonds is 9. The van der Waals surface area contributed by atoms with Crippen molar-refractivity contribution in [3.05, 3.63) is 71.3 Å². The Morgan fingerprint density at radius 2 is 1.64 bits per heavy atom. The summed E-state index contributed by atoms with van der Waals surface area (Å²) in [7, 11) is 0. The van der Waals surface area contributed by atoms with E-state index in [2.05, 4.69) is 56.9 Å². The van der Waals surface area contributed by atoms with Gasteiger partial charge in [-0.3, -0.25) is 9.69 Å². The maximum Gasteiger partial charge on any atom is 0.416 e. The molecular weight excluding hydrogens is 459 g/mol. The van der Waals surface area contributed by atoms with E-state index in [4.69, 9.17) is 0 Å². The van der Waals surface area contributed by atoms with E-state index in [0.717, 1.165) is 67.7 Å². The molecule has 1 saturated heterocycles. The van der Waals surface area contributed by atoms with Crippen molar-refractivity contribution >= 4 is 5.78 Å². The second-order valence-corrected chi connectivity index (χ2v) is 11.0. The summed E-state index contributed by atoms with van der Waals surface area (Å²) in [5.74, 6) is 1.20. The van der Waals surface area contributed by atoms with E-state index in [-0.39, 0.29) is 11.7 Å². The van der Waals surface area contributed by atoms with Crippen LogP contribution in [-0.2, 0) is 11.0 Å². The molecule has 0 radical (unpaired) electrons. The highest BCUT2D eigenvalue weighted by molar-refractivity contribution is 5.84. The number of alkyl halides is 3. The number of nitrogens with zero attached hydrogens (tertiary/aromatic N) is 1. The molecule has 2 aromatic carbocycles. The highest BCUT2D eigenvalue weighted by Crippen LogP contribution is 2.37. The van der Waals surface area contributed by atoms with Crippen molar-refractivity contribution in [2.75, 3.05) is 19.6 Å². The number of carbonyl (C=O) groups is 1. The van der Waals surface area contributed by atoms with E-state index < -0.39 is 11.7 Å². The van der Waals surface area contributed by atoms with Crippen molar-refractivity contribution in [1.29, 1.82) is 0 Å². The summed E-state index contributed by atoms with van der Waals surface area (Å²) in [6, 6.07) is 11.7. The van der Waals surface area contributed by atoms with Crippen LogP contribution < -0.4 is 0 Å². The van der Waals surface area contributed by atoms with Gasteiger partial charge in [-0.2, -0.15) is 13.2 Å². The second kappa shape index (κ2) is 12.2. The van der Waals surface area contributed by atoms with Crippen LogP contribution >= 0.6 is 0 Å². The zero-order chi connectivity index (χ0) is 26.5. The van der Waals surface area contributed by atoms with Crippen LogP contribution in [0.5, 0.6) is 0 Å². The lowest BCUT2D eigenvalue weighted by atomic mass is 9.81. The molecule has 0 bridgehead atoms. The Kier molecular flexibility index (Phi) is 9.57. The van der Waals surface area contributed by atoms with Gasteiger partial charge in [0.2, 0.25) is 0 Å². The van der Waals surface area contributed by atoms with Crippen LogP contribution in [-0.4, -0.2) is 30.3 Å². The average molecular weight is 500 g/mol. The van der Waals surface area contributed by atoms with Gasteiger partial charge < -0.3 is 0 Å². The summed E-state index contributed by atoms with van der Waals surface area (Å²) in [5, 5.41) is 0. The quantitative estimate of drug-likeness (QED) is 0.323. The molecule has 1 atom stereocenters. The van der Waals surface area contributed by atoms with Crippen LogP contribution in [0.2, 0.25) is 0 Å². The normalized spacial score (nSPS) is 16.8. The summed E-state index contributed by atoms with van der Waals surface area (Å²) in [6.45, 7) is 13.2. The molecule has 0 aromatic heterocycles. The van der Waals surface area contributed by atoms with Crippen LogP contribution in [0, 0.1) is 11.8 Å². The summed E-state index contributed by atoms with van der Waals surface area (Å²) in [5.41, 5.74) is 3.14. The standard InChI is InChI=1S/C31H40F3NO/c1-21(2)7-6-14-35-15-12-25(13-16-35)27-18-26(24-8-10-29(11-9-24)31(32,33)34)19-28(20-27)30(23(5)36)17-22(3)4/h6-11,18-22,25,30H,12-17H2,1-5H3/b7-6+. The lowest BCUT2D eigenvalue weighted by molar-refractivity contribution is -0.137. The molecule has 2 aromatic rings. The van der Waals surface area contributed by atoms with Crippen LogP contribution in [0.3, 0.4) is 0 Å². The minimum atomic E-state index is -4.36. The fraction of sp³-hybridized carbons (Fsp3) is 0.516. The highest BCUT2D eigenvalue weighted by atomic mass is 19.4. The lowest BCUT2D eigenvalue weighted by Gasteiger charge is -2.32. The van der Waals surface area contributed by atoms with Gasteiger partial charge in [-0.05, 0) is 91.4 Å². The topological polar surface area (TPSA) is 20.3 Å². The van der Waals surface area contributed by atoms with Gasteiger partial charge in [0.05, 0.1) is 5.56 Å². The first kappa shape index (κ1) is 28.2. The molecule has 5 heteroatoms. The largest absolute Gasteiger partial charge is 0.416 e.